The highest BCUT2D eigenvalue weighted by Gasteiger charge is 2.28. The van der Waals surface area contributed by atoms with Gasteiger partial charge in [0.25, 0.3) is 5.91 Å². The van der Waals surface area contributed by atoms with Gasteiger partial charge in [-0.25, -0.2) is 0 Å². The largest absolute Gasteiger partial charge is 0.459 e. The van der Waals surface area contributed by atoms with E-state index in [0.29, 0.717) is 12.3 Å². The molecule has 1 saturated heterocycles. The molecule has 1 aliphatic heterocycles. The molecule has 3 rings (SSSR count). The van der Waals surface area contributed by atoms with Crippen LogP contribution >= 0.6 is 11.8 Å². The first kappa shape index (κ1) is 17.1. The van der Waals surface area contributed by atoms with Gasteiger partial charge >= 0.3 is 0 Å². The van der Waals surface area contributed by atoms with E-state index < -0.39 is 0 Å². The van der Waals surface area contributed by atoms with Crippen LogP contribution in [0.25, 0.3) is 0 Å². The second-order valence-corrected chi connectivity index (χ2v) is 7.67. The summed E-state index contributed by atoms with van der Waals surface area (Å²) in [6.45, 7) is 4.97. The third-order valence-electron chi connectivity index (χ3n) is 4.58. The average Bonchev–Trinajstić information content (AvgIpc) is 3.08. The minimum Gasteiger partial charge on any atom is -0.459 e. The molecule has 0 bridgehead atoms. The first-order valence-corrected chi connectivity index (χ1v) is 9.38. The van der Waals surface area contributed by atoms with Crippen molar-refractivity contribution in [3.63, 3.8) is 0 Å². The van der Waals surface area contributed by atoms with Crippen molar-refractivity contribution in [3.8, 4) is 0 Å². The Morgan fingerprint density at radius 3 is 2.75 bits per heavy atom. The molecule has 1 aromatic carbocycles. The zero-order valence-electron chi connectivity index (χ0n) is 14.0. The van der Waals surface area contributed by atoms with Crippen LogP contribution in [0.3, 0.4) is 0 Å². The van der Waals surface area contributed by atoms with Gasteiger partial charge in [-0.15, -0.1) is 11.8 Å². The lowest BCUT2D eigenvalue weighted by Gasteiger charge is -2.34. The molecule has 0 radical (unpaired) electrons. The minimum atomic E-state index is -0.108. The van der Waals surface area contributed by atoms with E-state index in [9.17, 15) is 4.79 Å². The van der Waals surface area contributed by atoms with Gasteiger partial charge in [0, 0.05) is 22.8 Å². The molecule has 0 unspecified atom stereocenters. The van der Waals surface area contributed by atoms with E-state index in [1.807, 2.05) is 24.3 Å². The number of hydrogen-bond acceptors (Lipinski definition) is 4. The summed E-state index contributed by atoms with van der Waals surface area (Å²) in [5.41, 5.74) is 1.11. The maximum absolute atomic E-state index is 12.5. The molecular formula is C19H24N2O2S. The highest BCUT2D eigenvalue weighted by Crippen LogP contribution is 2.28. The van der Waals surface area contributed by atoms with Gasteiger partial charge in [0.15, 0.2) is 5.76 Å². The summed E-state index contributed by atoms with van der Waals surface area (Å²) in [5.74, 6) is 1.06. The molecule has 0 spiro atoms. The van der Waals surface area contributed by atoms with Crippen LogP contribution in [-0.2, 0) is 5.75 Å². The van der Waals surface area contributed by atoms with Crippen molar-refractivity contribution in [2.24, 2.45) is 5.41 Å². The van der Waals surface area contributed by atoms with Crippen LogP contribution in [0.1, 0.15) is 35.9 Å². The number of piperidine rings is 1. The number of rotatable bonds is 6. The molecule has 1 aromatic heterocycles. The molecule has 2 aromatic rings. The van der Waals surface area contributed by atoms with Crippen molar-refractivity contribution in [1.29, 1.82) is 0 Å². The van der Waals surface area contributed by atoms with Crippen molar-refractivity contribution in [1.82, 2.24) is 10.6 Å². The average molecular weight is 344 g/mol. The third kappa shape index (κ3) is 4.42. The summed E-state index contributed by atoms with van der Waals surface area (Å²) >= 11 is 1.71. The van der Waals surface area contributed by atoms with Gasteiger partial charge < -0.3 is 15.1 Å². The molecule has 2 heterocycles. The van der Waals surface area contributed by atoms with Crippen LogP contribution in [0.5, 0.6) is 0 Å². The Bertz CT molecular complexity index is 663. The molecule has 4 nitrogen and oxygen atoms in total. The van der Waals surface area contributed by atoms with Gasteiger partial charge in [-0.2, -0.15) is 0 Å². The lowest BCUT2D eigenvalue weighted by molar-refractivity contribution is 0.0893. The Morgan fingerprint density at radius 1 is 1.25 bits per heavy atom. The summed E-state index contributed by atoms with van der Waals surface area (Å²) < 4.78 is 5.45. The summed E-state index contributed by atoms with van der Waals surface area (Å²) in [6, 6.07) is 12.1. The van der Waals surface area contributed by atoms with Crippen molar-refractivity contribution < 1.29 is 9.21 Å². The predicted molar refractivity (Wildman–Crippen MR) is 97.3 cm³/mol. The normalized spacial score (nSPS) is 16.7. The molecule has 1 aliphatic rings. The van der Waals surface area contributed by atoms with Crippen molar-refractivity contribution >= 4 is 17.7 Å². The summed E-state index contributed by atoms with van der Waals surface area (Å²) in [7, 11) is 0. The molecule has 0 saturated carbocycles. The smallest absolute Gasteiger partial charge is 0.287 e. The van der Waals surface area contributed by atoms with E-state index in [1.54, 1.807) is 18.0 Å². The zero-order valence-corrected chi connectivity index (χ0v) is 14.8. The summed E-state index contributed by atoms with van der Waals surface area (Å²) in [4.78, 5) is 13.7. The van der Waals surface area contributed by atoms with Gasteiger partial charge in [0.1, 0.15) is 0 Å². The monoisotopic (exact) mass is 344 g/mol. The van der Waals surface area contributed by atoms with Gasteiger partial charge in [0.05, 0.1) is 6.26 Å². The number of carbonyl (C=O) groups is 1. The van der Waals surface area contributed by atoms with Gasteiger partial charge in [-0.3, -0.25) is 4.79 Å². The van der Waals surface area contributed by atoms with Crippen LogP contribution in [0.2, 0.25) is 0 Å². The fourth-order valence-electron chi connectivity index (χ4n) is 2.91. The van der Waals surface area contributed by atoms with E-state index in [2.05, 4.69) is 29.7 Å². The summed E-state index contributed by atoms with van der Waals surface area (Å²) in [6.07, 6.45) is 3.77. The van der Waals surface area contributed by atoms with Crippen LogP contribution in [0, 0.1) is 5.41 Å². The maximum Gasteiger partial charge on any atom is 0.287 e. The SMILES string of the molecule is CC1(CNC(=O)c2occc2CSc2ccccc2)CCNCC1. The van der Waals surface area contributed by atoms with Crippen molar-refractivity contribution in [3.05, 3.63) is 54.0 Å². The molecule has 5 heteroatoms. The maximum atomic E-state index is 12.5. The van der Waals surface area contributed by atoms with Crippen LogP contribution < -0.4 is 10.6 Å². The van der Waals surface area contributed by atoms with Crippen molar-refractivity contribution in [2.45, 2.75) is 30.4 Å². The highest BCUT2D eigenvalue weighted by atomic mass is 32.2. The fourth-order valence-corrected chi connectivity index (χ4v) is 3.81. The quantitative estimate of drug-likeness (QED) is 0.785. The Balaban J connectivity index is 1.56. The number of amides is 1. The third-order valence-corrected chi connectivity index (χ3v) is 5.64. The van der Waals surface area contributed by atoms with Crippen molar-refractivity contribution in [2.75, 3.05) is 19.6 Å². The number of hydrogen-bond donors (Lipinski definition) is 2. The number of furan rings is 1. The molecule has 128 valence electrons. The van der Waals surface area contributed by atoms with Crippen LogP contribution in [0.15, 0.2) is 52.0 Å². The first-order chi connectivity index (χ1) is 11.7. The number of benzene rings is 1. The van der Waals surface area contributed by atoms with E-state index in [-0.39, 0.29) is 11.3 Å². The molecule has 1 amide bonds. The van der Waals surface area contributed by atoms with E-state index >= 15 is 0 Å². The van der Waals surface area contributed by atoms with Gasteiger partial charge in [-0.05, 0) is 49.5 Å². The topological polar surface area (TPSA) is 54.3 Å². The standard InChI is InChI=1S/C19H24N2O2S/c1-19(8-10-20-11-9-19)14-21-18(22)17-15(7-12-23-17)13-24-16-5-3-2-4-6-16/h2-7,12,20H,8-11,13-14H2,1H3,(H,21,22). The second kappa shape index (κ2) is 7.90. The second-order valence-electron chi connectivity index (χ2n) is 6.62. The molecular weight excluding hydrogens is 320 g/mol. The van der Waals surface area contributed by atoms with Crippen LogP contribution in [-0.4, -0.2) is 25.5 Å². The lowest BCUT2D eigenvalue weighted by Crippen LogP contribution is -2.42. The van der Waals surface area contributed by atoms with E-state index in [1.165, 1.54) is 4.90 Å². The minimum absolute atomic E-state index is 0.108. The Hall–Kier alpha value is -1.72. The lowest BCUT2D eigenvalue weighted by atomic mass is 9.81. The Kier molecular flexibility index (Phi) is 5.63. The van der Waals surface area contributed by atoms with Gasteiger partial charge in [0.2, 0.25) is 0 Å². The molecule has 1 fully saturated rings. The Morgan fingerprint density at radius 2 is 2.00 bits per heavy atom. The molecule has 0 aliphatic carbocycles. The van der Waals surface area contributed by atoms with Gasteiger partial charge in [-0.1, -0.05) is 25.1 Å². The fraction of sp³-hybridized carbons (Fsp3) is 0.421. The Labute approximate surface area is 147 Å². The van der Waals surface area contributed by atoms with Crippen LogP contribution in [0.4, 0.5) is 0 Å². The number of thioether (sulfide) groups is 1. The number of carbonyl (C=O) groups excluding carboxylic acids is 1. The predicted octanol–water partition coefficient (Wildman–Crippen LogP) is 3.69. The summed E-state index contributed by atoms with van der Waals surface area (Å²) in [5, 5.41) is 6.43. The van der Waals surface area contributed by atoms with E-state index in [4.69, 9.17) is 4.42 Å². The first-order valence-electron chi connectivity index (χ1n) is 8.39. The van der Waals surface area contributed by atoms with E-state index in [0.717, 1.165) is 37.2 Å². The molecule has 0 atom stereocenters. The molecule has 2 N–H and O–H groups in total. The highest BCUT2D eigenvalue weighted by molar-refractivity contribution is 7.98. The zero-order chi connectivity index (χ0) is 16.8. The molecule has 24 heavy (non-hydrogen) atoms. The number of nitrogens with one attached hydrogen (secondary N) is 2.